The second-order valence-corrected chi connectivity index (χ2v) is 7.24. The molecule has 0 unspecified atom stereocenters. The Morgan fingerprint density at radius 1 is 1.13 bits per heavy atom. The van der Waals surface area contributed by atoms with Crippen molar-refractivity contribution in [1.29, 1.82) is 0 Å². The molecule has 4 rings (SSSR count). The number of hydrogen-bond acceptors (Lipinski definition) is 5. The van der Waals surface area contributed by atoms with Crippen LogP contribution in [0.1, 0.15) is 27.9 Å². The van der Waals surface area contributed by atoms with Gasteiger partial charge in [0.05, 0.1) is 23.0 Å². The van der Waals surface area contributed by atoms with E-state index in [2.05, 4.69) is 25.4 Å². The number of halogens is 3. The third-order valence-corrected chi connectivity index (χ3v) is 5.04. The van der Waals surface area contributed by atoms with Gasteiger partial charge in [-0.2, -0.15) is 18.3 Å². The molecule has 0 saturated carbocycles. The molecule has 6 nitrogen and oxygen atoms in total. The number of nitrogens with one attached hydrogen (secondary N) is 2. The Morgan fingerprint density at radius 3 is 2.65 bits per heavy atom. The van der Waals surface area contributed by atoms with Gasteiger partial charge in [-0.05, 0) is 11.6 Å². The molecule has 31 heavy (non-hydrogen) atoms. The quantitative estimate of drug-likeness (QED) is 0.480. The maximum atomic E-state index is 13.1. The number of rotatable bonds is 5. The third-order valence-electron chi connectivity index (χ3n) is 5.04. The summed E-state index contributed by atoms with van der Waals surface area (Å²) >= 11 is 0. The Hall–Kier alpha value is -3.46. The lowest BCUT2D eigenvalue weighted by Gasteiger charge is -2.27. The van der Waals surface area contributed by atoms with Gasteiger partial charge < -0.3 is 0 Å². The fraction of sp³-hybridized carbons (Fsp3) is 0.227. The number of nitrogens with zero attached hydrogens (tertiary/aromatic N) is 3. The number of alkyl halides is 3. The number of H-pyrrole nitrogens is 1. The van der Waals surface area contributed by atoms with Crippen molar-refractivity contribution in [2.24, 2.45) is 5.10 Å². The molecule has 1 aromatic heterocycles. The number of aromatic amines is 1. The first-order chi connectivity index (χ1) is 14.9. The second-order valence-electron chi connectivity index (χ2n) is 7.24. The van der Waals surface area contributed by atoms with E-state index in [-0.39, 0.29) is 17.1 Å². The standard InChI is InChI=1S/C22H20F3N5O/c23-22(24,25)18-9-5-4-8-16(18)12-26-29-21-27-19-10-11-30(14-17(19)20(31)28-21)13-15-6-2-1-3-7-15/h1-9,12H,10-11,13-14H2,(H2,27,28,29,31)/b26-12-. The van der Waals surface area contributed by atoms with Crippen molar-refractivity contribution in [2.75, 3.05) is 12.0 Å². The minimum absolute atomic E-state index is 0.0839. The normalized spacial score (nSPS) is 14.5. The predicted octanol–water partition coefficient (Wildman–Crippen LogP) is 3.79. The molecule has 0 amide bonds. The lowest BCUT2D eigenvalue weighted by atomic mass is 10.1. The van der Waals surface area contributed by atoms with Gasteiger partial charge in [0.1, 0.15) is 0 Å². The van der Waals surface area contributed by atoms with E-state index in [0.717, 1.165) is 25.4 Å². The summed E-state index contributed by atoms with van der Waals surface area (Å²) in [5.41, 5.74) is 3.82. The first kappa shape index (κ1) is 20.8. The number of aromatic nitrogens is 2. The molecule has 0 fully saturated rings. The number of fused-ring (bicyclic) bond motifs is 1. The van der Waals surface area contributed by atoms with Crippen LogP contribution in [0.25, 0.3) is 0 Å². The summed E-state index contributed by atoms with van der Waals surface area (Å²) in [6.07, 6.45) is -2.82. The van der Waals surface area contributed by atoms with Crippen molar-refractivity contribution in [3.63, 3.8) is 0 Å². The lowest BCUT2D eigenvalue weighted by molar-refractivity contribution is -0.137. The molecule has 0 spiro atoms. The maximum Gasteiger partial charge on any atom is 0.417 e. The second kappa shape index (κ2) is 8.73. The van der Waals surface area contributed by atoms with Gasteiger partial charge >= 0.3 is 6.18 Å². The molecule has 0 bridgehead atoms. The summed E-state index contributed by atoms with van der Waals surface area (Å²) in [7, 11) is 0. The summed E-state index contributed by atoms with van der Waals surface area (Å²) in [5, 5.41) is 3.83. The molecule has 2 heterocycles. The van der Waals surface area contributed by atoms with E-state index in [4.69, 9.17) is 0 Å². The Balaban J connectivity index is 1.46. The number of hydrogen-bond donors (Lipinski definition) is 2. The Bertz CT molecular complexity index is 1140. The molecular formula is C22H20F3N5O. The van der Waals surface area contributed by atoms with Crippen molar-refractivity contribution in [3.05, 3.63) is 92.9 Å². The van der Waals surface area contributed by atoms with Gasteiger partial charge in [-0.25, -0.2) is 10.4 Å². The van der Waals surface area contributed by atoms with Gasteiger partial charge in [0.2, 0.25) is 5.95 Å². The average molecular weight is 427 g/mol. The number of anilines is 1. The molecular weight excluding hydrogens is 407 g/mol. The Morgan fingerprint density at radius 2 is 1.87 bits per heavy atom. The Labute approximate surface area is 176 Å². The van der Waals surface area contributed by atoms with Crippen molar-refractivity contribution < 1.29 is 13.2 Å². The van der Waals surface area contributed by atoms with Gasteiger partial charge in [-0.1, -0.05) is 48.5 Å². The van der Waals surface area contributed by atoms with Crippen molar-refractivity contribution in [2.45, 2.75) is 25.7 Å². The van der Waals surface area contributed by atoms with E-state index in [1.54, 1.807) is 0 Å². The van der Waals surface area contributed by atoms with Crippen LogP contribution < -0.4 is 11.0 Å². The first-order valence-corrected chi connectivity index (χ1v) is 9.74. The van der Waals surface area contributed by atoms with Crippen LogP contribution in [0.3, 0.4) is 0 Å². The van der Waals surface area contributed by atoms with E-state index < -0.39 is 11.7 Å². The summed E-state index contributed by atoms with van der Waals surface area (Å²) < 4.78 is 39.2. The van der Waals surface area contributed by atoms with Gasteiger partial charge in [0.15, 0.2) is 0 Å². The van der Waals surface area contributed by atoms with Crippen LogP contribution in [0.4, 0.5) is 19.1 Å². The number of hydrazone groups is 1. The van der Waals surface area contributed by atoms with Crippen LogP contribution in [0.5, 0.6) is 0 Å². The molecule has 2 N–H and O–H groups in total. The van der Waals surface area contributed by atoms with Gasteiger partial charge in [0, 0.05) is 31.6 Å². The Kier molecular flexibility index (Phi) is 5.85. The van der Waals surface area contributed by atoms with E-state index in [1.807, 2.05) is 30.3 Å². The van der Waals surface area contributed by atoms with E-state index in [0.29, 0.717) is 24.2 Å². The highest BCUT2D eigenvalue weighted by Gasteiger charge is 2.32. The highest BCUT2D eigenvalue weighted by molar-refractivity contribution is 5.82. The smallest absolute Gasteiger partial charge is 0.294 e. The molecule has 160 valence electrons. The fourth-order valence-corrected chi connectivity index (χ4v) is 3.54. The first-order valence-electron chi connectivity index (χ1n) is 9.74. The van der Waals surface area contributed by atoms with Crippen LogP contribution in [0.2, 0.25) is 0 Å². The topological polar surface area (TPSA) is 73.4 Å². The number of benzene rings is 2. The van der Waals surface area contributed by atoms with Crippen LogP contribution in [-0.4, -0.2) is 27.6 Å². The minimum atomic E-state index is -4.48. The zero-order chi connectivity index (χ0) is 21.8. The molecule has 0 atom stereocenters. The van der Waals surface area contributed by atoms with Crippen LogP contribution >= 0.6 is 0 Å². The lowest BCUT2D eigenvalue weighted by Crippen LogP contribution is -2.35. The zero-order valence-corrected chi connectivity index (χ0v) is 16.5. The van der Waals surface area contributed by atoms with Crippen LogP contribution in [0.15, 0.2) is 64.5 Å². The summed E-state index contributed by atoms with van der Waals surface area (Å²) in [4.78, 5) is 21.7. The van der Waals surface area contributed by atoms with E-state index in [1.165, 1.54) is 23.8 Å². The molecule has 3 aromatic rings. The van der Waals surface area contributed by atoms with Gasteiger partial charge in [-0.3, -0.25) is 14.7 Å². The fourth-order valence-electron chi connectivity index (χ4n) is 3.54. The van der Waals surface area contributed by atoms with Crippen LogP contribution in [-0.2, 0) is 25.7 Å². The van der Waals surface area contributed by atoms with Gasteiger partial charge in [0.25, 0.3) is 5.56 Å². The van der Waals surface area contributed by atoms with Crippen LogP contribution in [0, 0.1) is 0 Å². The highest BCUT2D eigenvalue weighted by atomic mass is 19.4. The maximum absolute atomic E-state index is 13.1. The van der Waals surface area contributed by atoms with Crippen molar-refractivity contribution in [1.82, 2.24) is 14.9 Å². The highest BCUT2D eigenvalue weighted by Crippen LogP contribution is 2.31. The molecule has 0 saturated heterocycles. The summed E-state index contributed by atoms with van der Waals surface area (Å²) in [5.74, 6) is 0.0981. The molecule has 1 aliphatic rings. The SMILES string of the molecule is O=c1[nH]c(N/N=C\c2ccccc2C(F)(F)F)nc2c1CN(Cc1ccccc1)CC2. The van der Waals surface area contributed by atoms with E-state index in [9.17, 15) is 18.0 Å². The monoisotopic (exact) mass is 427 g/mol. The summed E-state index contributed by atoms with van der Waals surface area (Å²) in [6, 6.07) is 15.1. The largest absolute Gasteiger partial charge is 0.417 e. The zero-order valence-electron chi connectivity index (χ0n) is 16.5. The average Bonchev–Trinajstić information content (AvgIpc) is 2.75. The molecule has 9 heteroatoms. The van der Waals surface area contributed by atoms with E-state index >= 15 is 0 Å². The molecule has 0 aliphatic carbocycles. The molecule has 0 radical (unpaired) electrons. The summed E-state index contributed by atoms with van der Waals surface area (Å²) in [6.45, 7) is 1.97. The third kappa shape index (κ3) is 5.00. The molecule has 2 aromatic carbocycles. The molecule has 1 aliphatic heterocycles. The van der Waals surface area contributed by atoms with Crippen molar-refractivity contribution >= 4 is 12.2 Å². The minimum Gasteiger partial charge on any atom is -0.294 e. The van der Waals surface area contributed by atoms with Crippen molar-refractivity contribution in [3.8, 4) is 0 Å². The predicted molar refractivity (Wildman–Crippen MR) is 112 cm³/mol. The van der Waals surface area contributed by atoms with Gasteiger partial charge in [-0.15, -0.1) is 0 Å².